The standard InChI is InChI=1S/C15H27N3/c1-5-17-15(14-9-16-10-18(14)4)13-7-6-11(2)12(3)8-13/h9-13,15,17H,5-8H2,1-4H3. The lowest BCUT2D eigenvalue weighted by Crippen LogP contribution is -2.34. The van der Waals surface area contributed by atoms with E-state index in [0.29, 0.717) is 6.04 Å². The summed E-state index contributed by atoms with van der Waals surface area (Å²) in [6, 6.07) is 0.470. The summed E-state index contributed by atoms with van der Waals surface area (Å²) in [4.78, 5) is 4.28. The van der Waals surface area contributed by atoms with Crippen LogP contribution in [-0.2, 0) is 7.05 Å². The Hall–Kier alpha value is -0.830. The van der Waals surface area contributed by atoms with Crippen molar-refractivity contribution in [2.75, 3.05) is 6.54 Å². The first-order chi connectivity index (χ1) is 8.63. The summed E-state index contributed by atoms with van der Waals surface area (Å²) in [6.45, 7) is 8.02. The van der Waals surface area contributed by atoms with Crippen LogP contribution in [0.15, 0.2) is 12.5 Å². The Balaban J connectivity index is 2.13. The van der Waals surface area contributed by atoms with E-state index >= 15 is 0 Å². The molecule has 3 heteroatoms. The monoisotopic (exact) mass is 249 g/mol. The highest BCUT2D eigenvalue weighted by atomic mass is 15.1. The van der Waals surface area contributed by atoms with Gasteiger partial charge in [0.25, 0.3) is 0 Å². The molecule has 0 spiro atoms. The van der Waals surface area contributed by atoms with Crippen molar-refractivity contribution in [2.45, 2.75) is 46.1 Å². The van der Waals surface area contributed by atoms with E-state index in [4.69, 9.17) is 0 Å². The van der Waals surface area contributed by atoms with Gasteiger partial charge < -0.3 is 9.88 Å². The molecule has 4 unspecified atom stereocenters. The van der Waals surface area contributed by atoms with Gasteiger partial charge in [0.15, 0.2) is 0 Å². The molecule has 1 heterocycles. The van der Waals surface area contributed by atoms with Crippen molar-refractivity contribution >= 4 is 0 Å². The second-order valence-corrected chi connectivity index (χ2v) is 5.99. The van der Waals surface area contributed by atoms with Crippen molar-refractivity contribution < 1.29 is 0 Å². The van der Waals surface area contributed by atoms with E-state index < -0.39 is 0 Å². The van der Waals surface area contributed by atoms with Crippen molar-refractivity contribution in [1.29, 1.82) is 0 Å². The van der Waals surface area contributed by atoms with Gasteiger partial charge in [-0.05, 0) is 37.1 Å². The SMILES string of the molecule is CCNC(c1cncn1C)C1CCC(C)C(C)C1. The molecular formula is C15H27N3. The largest absolute Gasteiger partial charge is 0.336 e. The molecule has 0 aromatic carbocycles. The number of aryl methyl sites for hydroxylation is 1. The van der Waals surface area contributed by atoms with Gasteiger partial charge in [-0.15, -0.1) is 0 Å². The first-order valence-electron chi connectivity index (χ1n) is 7.33. The molecule has 1 aliphatic carbocycles. The van der Waals surface area contributed by atoms with E-state index in [1.165, 1.54) is 25.0 Å². The first-order valence-corrected chi connectivity index (χ1v) is 7.33. The maximum atomic E-state index is 4.28. The van der Waals surface area contributed by atoms with Gasteiger partial charge in [-0.3, -0.25) is 0 Å². The van der Waals surface area contributed by atoms with Crippen molar-refractivity contribution in [3.8, 4) is 0 Å². The number of nitrogens with zero attached hydrogens (tertiary/aromatic N) is 2. The zero-order valence-electron chi connectivity index (χ0n) is 12.2. The molecule has 1 aliphatic rings. The molecule has 1 fully saturated rings. The minimum atomic E-state index is 0.470. The molecule has 0 saturated heterocycles. The van der Waals surface area contributed by atoms with E-state index in [9.17, 15) is 0 Å². The lowest BCUT2D eigenvalue weighted by atomic mass is 9.72. The molecule has 1 aromatic heterocycles. The fraction of sp³-hybridized carbons (Fsp3) is 0.800. The third-order valence-corrected chi connectivity index (χ3v) is 4.71. The topological polar surface area (TPSA) is 29.9 Å². The molecule has 0 radical (unpaired) electrons. The number of hydrogen-bond donors (Lipinski definition) is 1. The van der Waals surface area contributed by atoms with Gasteiger partial charge in [0.2, 0.25) is 0 Å². The molecule has 2 rings (SSSR count). The van der Waals surface area contributed by atoms with Crippen LogP contribution in [-0.4, -0.2) is 16.1 Å². The maximum Gasteiger partial charge on any atom is 0.0946 e. The second-order valence-electron chi connectivity index (χ2n) is 5.99. The highest BCUT2D eigenvalue weighted by molar-refractivity contribution is 5.07. The van der Waals surface area contributed by atoms with Gasteiger partial charge in [0.05, 0.1) is 18.1 Å². The van der Waals surface area contributed by atoms with Crippen LogP contribution in [0.1, 0.15) is 51.8 Å². The van der Waals surface area contributed by atoms with Crippen LogP contribution in [0.25, 0.3) is 0 Å². The van der Waals surface area contributed by atoms with E-state index in [-0.39, 0.29) is 0 Å². The van der Waals surface area contributed by atoms with Crippen LogP contribution in [0, 0.1) is 17.8 Å². The zero-order chi connectivity index (χ0) is 13.1. The summed E-state index contributed by atoms with van der Waals surface area (Å²) in [5.74, 6) is 2.49. The summed E-state index contributed by atoms with van der Waals surface area (Å²) in [5.41, 5.74) is 1.34. The van der Waals surface area contributed by atoms with Gasteiger partial charge in [-0.1, -0.05) is 27.2 Å². The Bertz CT molecular complexity index is 372. The number of aromatic nitrogens is 2. The van der Waals surface area contributed by atoms with E-state index in [2.05, 4.69) is 42.7 Å². The average Bonchev–Trinajstić information content (AvgIpc) is 2.76. The number of hydrogen-bond acceptors (Lipinski definition) is 2. The number of rotatable bonds is 4. The minimum absolute atomic E-state index is 0.470. The fourth-order valence-electron chi connectivity index (χ4n) is 3.29. The summed E-state index contributed by atoms with van der Waals surface area (Å²) in [5, 5.41) is 3.67. The molecule has 1 N–H and O–H groups in total. The fourth-order valence-corrected chi connectivity index (χ4v) is 3.29. The first kappa shape index (κ1) is 13.6. The lowest BCUT2D eigenvalue weighted by molar-refractivity contribution is 0.169. The smallest absolute Gasteiger partial charge is 0.0946 e. The Morgan fingerprint density at radius 1 is 1.39 bits per heavy atom. The molecule has 1 saturated carbocycles. The normalized spacial score (nSPS) is 30.3. The van der Waals surface area contributed by atoms with E-state index in [1.807, 2.05) is 12.5 Å². The molecule has 0 aliphatic heterocycles. The number of nitrogens with one attached hydrogen (secondary N) is 1. The Labute approximate surface area is 111 Å². The number of imidazole rings is 1. The summed E-state index contributed by atoms with van der Waals surface area (Å²) in [7, 11) is 2.10. The molecule has 18 heavy (non-hydrogen) atoms. The molecule has 1 aromatic rings. The van der Waals surface area contributed by atoms with Crippen molar-refractivity contribution in [2.24, 2.45) is 24.8 Å². The molecule has 0 amide bonds. The van der Waals surface area contributed by atoms with Crippen LogP contribution >= 0.6 is 0 Å². The summed E-state index contributed by atoms with van der Waals surface area (Å²) < 4.78 is 2.16. The summed E-state index contributed by atoms with van der Waals surface area (Å²) in [6.07, 6.45) is 7.98. The molecular weight excluding hydrogens is 222 g/mol. The average molecular weight is 249 g/mol. The highest BCUT2D eigenvalue weighted by Gasteiger charge is 2.31. The zero-order valence-corrected chi connectivity index (χ0v) is 12.2. The molecule has 0 bridgehead atoms. The predicted molar refractivity (Wildman–Crippen MR) is 75.3 cm³/mol. The molecule has 4 atom stereocenters. The second kappa shape index (κ2) is 5.87. The quantitative estimate of drug-likeness (QED) is 0.888. The Morgan fingerprint density at radius 3 is 2.72 bits per heavy atom. The third-order valence-electron chi connectivity index (χ3n) is 4.71. The van der Waals surface area contributed by atoms with Crippen LogP contribution in [0.5, 0.6) is 0 Å². The van der Waals surface area contributed by atoms with Crippen molar-refractivity contribution in [3.05, 3.63) is 18.2 Å². The van der Waals surface area contributed by atoms with Crippen LogP contribution in [0.3, 0.4) is 0 Å². The highest BCUT2D eigenvalue weighted by Crippen LogP contribution is 2.39. The maximum absolute atomic E-state index is 4.28. The molecule has 3 nitrogen and oxygen atoms in total. The lowest BCUT2D eigenvalue weighted by Gasteiger charge is -2.37. The minimum Gasteiger partial charge on any atom is -0.336 e. The van der Waals surface area contributed by atoms with Gasteiger partial charge in [-0.25, -0.2) is 4.98 Å². The van der Waals surface area contributed by atoms with Gasteiger partial charge >= 0.3 is 0 Å². The van der Waals surface area contributed by atoms with Crippen molar-refractivity contribution in [3.63, 3.8) is 0 Å². The predicted octanol–water partition coefficient (Wildman–Crippen LogP) is 3.14. The Morgan fingerprint density at radius 2 is 2.17 bits per heavy atom. The van der Waals surface area contributed by atoms with Gasteiger partial charge in [-0.2, -0.15) is 0 Å². The molecule has 102 valence electrons. The van der Waals surface area contributed by atoms with Crippen LogP contribution < -0.4 is 5.32 Å². The Kier molecular flexibility index (Phi) is 4.44. The third kappa shape index (κ3) is 2.77. The van der Waals surface area contributed by atoms with Crippen LogP contribution in [0.2, 0.25) is 0 Å². The van der Waals surface area contributed by atoms with E-state index in [0.717, 1.165) is 24.3 Å². The van der Waals surface area contributed by atoms with E-state index in [1.54, 1.807) is 0 Å². The van der Waals surface area contributed by atoms with Crippen molar-refractivity contribution in [1.82, 2.24) is 14.9 Å². The van der Waals surface area contributed by atoms with Gasteiger partial charge in [0, 0.05) is 13.2 Å². The summed E-state index contributed by atoms with van der Waals surface area (Å²) >= 11 is 0. The van der Waals surface area contributed by atoms with Crippen LogP contribution in [0.4, 0.5) is 0 Å². The van der Waals surface area contributed by atoms with Gasteiger partial charge in [0.1, 0.15) is 0 Å².